The van der Waals surface area contributed by atoms with E-state index in [0.29, 0.717) is 19.6 Å². The third-order valence-electron chi connectivity index (χ3n) is 4.69. The van der Waals surface area contributed by atoms with Gasteiger partial charge in [-0.05, 0) is 19.1 Å². The maximum Gasteiger partial charge on any atom is 0.226 e. The molecule has 3 aromatic rings. The molecule has 1 N–H and O–H groups in total. The highest BCUT2D eigenvalue weighted by atomic mass is 32.1. The van der Waals surface area contributed by atoms with Gasteiger partial charge in [-0.25, -0.2) is 9.97 Å². The minimum absolute atomic E-state index is 0.0211. The minimum atomic E-state index is 0.0211. The fourth-order valence-electron chi connectivity index (χ4n) is 3.10. The lowest BCUT2D eigenvalue weighted by Crippen LogP contribution is -2.54. The van der Waals surface area contributed by atoms with E-state index in [-0.39, 0.29) is 11.8 Å². The molecule has 8 heteroatoms. The lowest BCUT2D eigenvalue weighted by molar-refractivity contribution is -0.125. The number of carbonyl (C=O) groups excluding carboxylic acids is 1. The second-order valence-electron chi connectivity index (χ2n) is 6.36. The van der Waals surface area contributed by atoms with Gasteiger partial charge in [-0.3, -0.25) is 4.79 Å². The zero-order valence-corrected chi connectivity index (χ0v) is 15.6. The van der Waals surface area contributed by atoms with Crippen molar-refractivity contribution >= 4 is 32.6 Å². The maximum atomic E-state index is 12.3. The summed E-state index contributed by atoms with van der Waals surface area (Å²) in [7, 11) is 1.66. The average molecular weight is 371 g/mol. The van der Waals surface area contributed by atoms with Crippen LogP contribution in [0.3, 0.4) is 0 Å². The van der Waals surface area contributed by atoms with Crippen LogP contribution in [0.15, 0.2) is 30.6 Å². The molecule has 0 unspecified atom stereocenters. The number of fused-ring (bicyclic) bond motifs is 1. The number of amides is 1. The Morgan fingerprint density at radius 1 is 1.42 bits per heavy atom. The summed E-state index contributed by atoms with van der Waals surface area (Å²) in [6.07, 6.45) is 3.70. The van der Waals surface area contributed by atoms with Gasteiger partial charge in [0.15, 0.2) is 5.13 Å². The lowest BCUT2D eigenvalue weighted by Gasteiger charge is -2.37. The van der Waals surface area contributed by atoms with E-state index < -0.39 is 0 Å². The molecule has 1 amide bonds. The Balaban J connectivity index is 1.31. The van der Waals surface area contributed by atoms with E-state index >= 15 is 0 Å². The summed E-state index contributed by atoms with van der Waals surface area (Å²) < 4.78 is 8.50. The summed E-state index contributed by atoms with van der Waals surface area (Å²) in [6.45, 7) is 4.73. The molecule has 1 fully saturated rings. The van der Waals surface area contributed by atoms with Gasteiger partial charge < -0.3 is 19.5 Å². The zero-order valence-electron chi connectivity index (χ0n) is 14.8. The summed E-state index contributed by atoms with van der Waals surface area (Å²) >= 11 is 1.64. The van der Waals surface area contributed by atoms with Gasteiger partial charge in [-0.2, -0.15) is 0 Å². The first-order valence-electron chi connectivity index (χ1n) is 8.59. The summed E-state index contributed by atoms with van der Waals surface area (Å²) in [5.74, 6) is 1.88. The number of nitrogens with zero attached hydrogens (tertiary/aromatic N) is 4. The number of thiazole rings is 1. The third-order valence-corrected chi connectivity index (χ3v) is 5.77. The highest BCUT2D eigenvalue weighted by Gasteiger charge is 2.34. The SMILES string of the molecule is COc1cccc2sc(N3CC(C(=O)NCCn4ccnc4C)C3)nc12. The van der Waals surface area contributed by atoms with E-state index in [9.17, 15) is 4.79 Å². The number of aryl methyl sites for hydroxylation is 1. The molecule has 1 aliphatic heterocycles. The number of imidazole rings is 1. The predicted octanol–water partition coefficient (Wildman–Crippen LogP) is 2.06. The molecule has 1 aromatic carbocycles. The first kappa shape index (κ1) is 16.8. The minimum Gasteiger partial charge on any atom is -0.494 e. The number of hydrogen-bond acceptors (Lipinski definition) is 6. The molecule has 3 heterocycles. The van der Waals surface area contributed by atoms with Gasteiger partial charge in [0.05, 0.1) is 17.7 Å². The van der Waals surface area contributed by atoms with Crippen LogP contribution in [0.25, 0.3) is 10.2 Å². The quantitative estimate of drug-likeness (QED) is 0.718. The van der Waals surface area contributed by atoms with Gasteiger partial charge in [0, 0.05) is 38.6 Å². The molecule has 7 nitrogen and oxygen atoms in total. The topological polar surface area (TPSA) is 72.3 Å². The number of methoxy groups -OCH3 is 1. The van der Waals surface area contributed by atoms with Crippen molar-refractivity contribution in [3.05, 3.63) is 36.4 Å². The molecule has 1 saturated heterocycles. The second kappa shape index (κ2) is 6.95. The van der Waals surface area contributed by atoms with Gasteiger partial charge in [0.2, 0.25) is 5.91 Å². The van der Waals surface area contributed by atoms with E-state index in [1.165, 1.54) is 0 Å². The van der Waals surface area contributed by atoms with Crippen molar-refractivity contribution in [3.8, 4) is 5.75 Å². The van der Waals surface area contributed by atoms with E-state index in [1.54, 1.807) is 24.6 Å². The Hall–Kier alpha value is -2.61. The molecule has 0 saturated carbocycles. The monoisotopic (exact) mass is 371 g/mol. The standard InChI is InChI=1S/C18H21N5O2S/c1-12-19-6-8-22(12)9-7-20-17(24)13-10-23(11-13)18-21-16-14(25-2)4-3-5-15(16)26-18/h3-6,8,13H,7,9-11H2,1-2H3,(H,20,24). The summed E-state index contributed by atoms with van der Waals surface area (Å²) in [5.41, 5.74) is 0.888. The van der Waals surface area contributed by atoms with Gasteiger partial charge in [0.25, 0.3) is 0 Å². The van der Waals surface area contributed by atoms with Crippen molar-refractivity contribution in [2.45, 2.75) is 13.5 Å². The molecule has 2 aromatic heterocycles. The summed E-state index contributed by atoms with van der Waals surface area (Å²) in [6, 6.07) is 5.93. The normalized spacial score (nSPS) is 14.5. The summed E-state index contributed by atoms with van der Waals surface area (Å²) in [4.78, 5) is 23.3. The highest BCUT2D eigenvalue weighted by Crippen LogP contribution is 2.36. The van der Waals surface area contributed by atoms with Crippen LogP contribution in [0.4, 0.5) is 5.13 Å². The Kier molecular flexibility index (Phi) is 4.50. The molecule has 1 aliphatic rings. The van der Waals surface area contributed by atoms with Crippen molar-refractivity contribution in [2.24, 2.45) is 5.92 Å². The molecular weight excluding hydrogens is 350 g/mol. The van der Waals surface area contributed by atoms with E-state index in [2.05, 4.69) is 20.2 Å². The molecule has 136 valence electrons. The number of anilines is 1. The zero-order chi connectivity index (χ0) is 18.1. The molecule has 0 spiro atoms. The van der Waals surface area contributed by atoms with Crippen molar-refractivity contribution in [2.75, 3.05) is 31.6 Å². The van der Waals surface area contributed by atoms with Crippen molar-refractivity contribution < 1.29 is 9.53 Å². The first-order chi connectivity index (χ1) is 12.7. The van der Waals surface area contributed by atoms with Gasteiger partial charge >= 0.3 is 0 Å². The Morgan fingerprint density at radius 2 is 2.27 bits per heavy atom. The van der Waals surface area contributed by atoms with Crippen molar-refractivity contribution in [1.29, 1.82) is 0 Å². The Bertz CT molecular complexity index is 929. The molecular formula is C18H21N5O2S. The van der Waals surface area contributed by atoms with E-state index in [4.69, 9.17) is 4.74 Å². The van der Waals surface area contributed by atoms with Crippen molar-refractivity contribution in [3.63, 3.8) is 0 Å². The molecule has 0 atom stereocenters. The highest BCUT2D eigenvalue weighted by molar-refractivity contribution is 7.22. The van der Waals surface area contributed by atoms with Crippen LogP contribution in [-0.2, 0) is 11.3 Å². The summed E-state index contributed by atoms with van der Waals surface area (Å²) in [5, 5.41) is 3.96. The second-order valence-corrected chi connectivity index (χ2v) is 7.37. The van der Waals surface area contributed by atoms with Crippen LogP contribution in [0.2, 0.25) is 0 Å². The van der Waals surface area contributed by atoms with E-state index in [1.807, 2.05) is 35.9 Å². The van der Waals surface area contributed by atoms with Crippen LogP contribution < -0.4 is 15.0 Å². The maximum absolute atomic E-state index is 12.3. The fraction of sp³-hybridized carbons (Fsp3) is 0.389. The third kappa shape index (κ3) is 3.12. The fourth-order valence-corrected chi connectivity index (χ4v) is 4.10. The number of carbonyl (C=O) groups is 1. The number of benzene rings is 1. The van der Waals surface area contributed by atoms with Crippen LogP contribution in [0.1, 0.15) is 5.82 Å². The number of para-hydroxylation sites is 1. The molecule has 4 rings (SSSR count). The number of rotatable bonds is 6. The Morgan fingerprint density at radius 3 is 3.00 bits per heavy atom. The molecule has 0 aliphatic carbocycles. The van der Waals surface area contributed by atoms with Crippen LogP contribution in [-0.4, -0.2) is 47.2 Å². The number of hydrogen-bond donors (Lipinski definition) is 1. The Labute approximate surface area is 155 Å². The largest absolute Gasteiger partial charge is 0.494 e. The lowest BCUT2D eigenvalue weighted by atomic mass is 10.0. The van der Waals surface area contributed by atoms with Crippen LogP contribution in [0, 0.1) is 12.8 Å². The van der Waals surface area contributed by atoms with Gasteiger partial charge in [-0.1, -0.05) is 17.4 Å². The number of aromatic nitrogens is 3. The predicted molar refractivity (Wildman–Crippen MR) is 102 cm³/mol. The number of ether oxygens (including phenoxy) is 1. The van der Waals surface area contributed by atoms with Crippen molar-refractivity contribution in [1.82, 2.24) is 19.9 Å². The van der Waals surface area contributed by atoms with E-state index in [0.717, 1.165) is 33.5 Å². The van der Waals surface area contributed by atoms with Crippen LogP contribution in [0.5, 0.6) is 5.75 Å². The van der Waals surface area contributed by atoms with Gasteiger partial charge in [0.1, 0.15) is 17.1 Å². The number of nitrogens with one attached hydrogen (secondary N) is 1. The average Bonchev–Trinajstić information content (AvgIpc) is 3.19. The van der Waals surface area contributed by atoms with Gasteiger partial charge in [-0.15, -0.1) is 0 Å². The van der Waals surface area contributed by atoms with Crippen LogP contribution >= 0.6 is 11.3 Å². The smallest absolute Gasteiger partial charge is 0.226 e. The first-order valence-corrected chi connectivity index (χ1v) is 9.41. The molecule has 0 radical (unpaired) electrons. The molecule has 0 bridgehead atoms. The molecule has 26 heavy (non-hydrogen) atoms.